The molecule has 0 aliphatic rings. The largest absolute Gasteiger partial charge is 0.488 e. The van der Waals surface area contributed by atoms with E-state index in [0.717, 1.165) is 36.8 Å². The highest BCUT2D eigenvalue weighted by Crippen LogP contribution is 2.22. The van der Waals surface area contributed by atoms with E-state index in [9.17, 15) is 9.18 Å². The fraction of sp³-hybridized carbons (Fsp3) is 0.368. The SMILES string of the molecule is CCCCCCc1cnc(F)cc1OCc1cccc(C(=O)O)c1. The van der Waals surface area contributed by atoms with Crippen molar-refractivity contribution in [2.24, 2.45) is 0 Å². The van der Waals surface area contributed by atoms with E-state index in [1.54, 1.807) is 18.2 Å². The smallest absolute Gasteiger partial charge is 0.335 e. The molecule has 4 nitrogen and oxygen atoms in total. The van der Waals surface area contributed by atoms with E-state index in [0.29, 0.717) is 5.75 Å². The molecule has 0 spiro atoms. The molecule has 0 amide bonds. The van der Waals surface area contributed by atoms with Gasteiger partial charge in [0.2, 0.25) is 5.95 Å². The molecule has 0 saturated carbocycles. The van der Waals surface area contributed by atoms with Crippen molar-refractivity contribution in [3.05, 3.63) is 59.2 Å². The maximum Gasteiger partial charge on any atom is 0.335 e. The summed E-state index contributed by atoms with van der Waals surface area (Å²) in [6, 6.07) is 7.82. The normalized spacial score (nSPS) is 10.6. The van der Waals surface area contributed by atoms with Crippen molar-refractivity contribution in [2.45, 2.75) is 45.6 Å². The van der Waals surface area contributed by atoms with E-state index in [2.05, 4.69) is 11.9 Å². The molecule has 0 aliphatic heterocycles. The van der Waals surface area contributed by atoms with Crippen LogP contribution in [0.1, 0.15) is 54.1 Å². The summed E-state index contributed by atoms with van der Waals surface area (Å²) in [5.74, 6) is -1.09. The fourth-order valence-corrected chi connectivity index (χ4v) is 2.46. The Morgan fingerprint density at radius 1 is 1.25 bits per heavy atom. The first-order chi connectivity index (χ1) is 11.6. The molecule has 0 aliphatic carbocycles. The molecular weight excluding hydrogens is 309 g/mol. The number of aromatic nitrogens is 1. The van der Waals surface area contributed by atoms with E-state index in [-0.39, 0.29) is 12.2 Å². The van der Waals surface area contributed by atoms with Gasteiger partial charge >= 0.3 is 5.97 Å². The lowest BCUT2D eigenvalue weighted by atomic mass is 10.1. The standard InChI is InChI=1S/C19H22FNO3/c1-2-3-4-5-8-16-12-21-18(20)11-17(16)24-13-14-7-6-9-15(10-14)19(22)23/h6-7,9-12H,2-5,8,13H2,1H3,(H,22,23). The number of aromatic carboxylic acids is 1. The second-order valence-corrected chi connectivity index (χ2v) is 5.72. The number of hydrogen-bond acceptors (Lipinski definition) is 3. The van der Waals surface area contributed by atoms with Gasteiger partial charge in [-0.25, -0.2) is 9.78 Å². The summed E-state index contributed by atoms with van der Waals surface area (Å²) >= 11 is 0. The van der Waals surface area contributed by atoms with Crippen LogP contribution < -0.4 is 4.74 Å². The number of carboxylic acids is 1. The Morgan fingerprint density at radius 2 is 2.08 bits per heavy atom. The minimum absolute atomic E-state index is 0.187. The zero-order valence-electron chi connectivity index (χ0n) is 13.8. The zero-order valence-corrected chi connectivity index (χ0v) is 13.8. The zero-order chi connectivity index (χ0) is 17.4. The van der Waals surface area contributed by atoms with E-state index in [1.807, 2.05) is 0 Å². The van der Waals surface area contributed by atoms with E-state index in [4.69, 9.17) is 9.84 Å². The highest BCUT2D eigenvalue weighted by molar-refractivity contribution is 5.87. The van der Waals surface area contributed by atoms with Gasteiger partial charge in [-0.1, -0.05) is 38.3 Å². The van der Waals surface area contributed by atoms with Crippen molar-refractivity contribution in [3.63, 3.8) is 0 Å². The highest BCUT2D eigenvalue weighted by Gasteiger charge is 2.09. The molecule has 1 aromatic carbocycles. The maximum atomic E-state index is 13.4. The maximum absolute atomic E-state index is 13.4. The van der Waals surface area contributed by atoms with Gasteiger partial charge in [0.1, 0.15) is 12.4 Å². The Labute approximate surface area is 141 Å². The lowest BCUT2D eigenvalue weighted by Gasteiger charge is -2.12. The minimum Gasteiger partial charge on any atom is -0.488 e. The second-order valence-electron chi connectivity index (χ2n) is 5.72. The van der Waals surface area contributed by atoms with Gasteiger partial charge in [-0.15, -0.1) is 0 Å². The van der Waals surface area contributed by atoms with Crippen LogP contribution in [0, 0.1) is 5.95 Å². The number of pyridine rings is 1. The number of ether oxygens (including phenoxy) is 1. The first-order valence-corrected chi connectivity index (χ1v) is 8.19. The van der Waals surface area contributed by atoms with Crippen molar-refractivity contribution in [3.8, 4) is 5.75 Å². The summed E-state index contributed by atoms with van der Waals surface area (Å²) in [4.78, 5) is 14.7. The summed E-state index contributed by atoms with van der Waals surface area (Å²) in [5.41, 5.74) is 1.81. The molecule has 1 N–H and O–H groups in total. The van der Waals surface area contributed by atoms with Crippen molar-refractivity contribution in [2.75, 3.05) is 0 Å². The molecule has 128 valence electrons. The Kier molecular flexibility index (Phi) is 6.73. The molecule has 1 aromatic heterocycles. The third kappa shape index (κ3) is 5.33. The molecule has 0 saturated heterocycles. The molecule has 0 fully saturated rings. The predicted octanol–water partition coefficient (Wildman–Crippen LogP) is 4.62. The monoisotopic (exact) mass is 331 g/mol. The lowest BCUT2D eigenvalue weighted by molar-refractivity contribution is 0.0696. The van der Waals surface area contributed by atoms with Crippen LogP contribution in [0.5, 0.6) is 5.75 Å². The predicted molar refractivity (Wildman–Crippen MR) is 89.8 cm³/mol. The van der Waals surface area contributed by atoms with Crippen LogP contribution in [0.15, 0.2) is 36.5 Å². The number of unbranched alkanes of at least 4 members (excludes halogenated alkanes) is 3. The number of hydrogen-bond donors (Lipinski definition) is 1. The Morgan fingerprint density at radius 3 is 2.83 bits per heavy atom. The van der Waals surface area contributed by atoms with Gasteiger partial charge in [-0.2, -0.15) is 4.39 Å². The van der Waals surface area contributed by atoms with Crippen molar-refractivity contribution < 1.29 is 19.0 Å². The fourth-order valence-electron chi connectivity index (χ4n) is 2.46. The number of aryl methyl sites for hydroxylation is 1. The van der Waals surface area contributed by atoms with Gasteiger partial charge in [-0.3, -0.25) is 0 Å². The summed E-state index contributed by atoms with van der Waals surface area (Å²) < 4.78 is 19.1. The van der Waals surface area contributed by atoms with Crippen LogP contribution in [0.3, 0.4) is 0 Å². The summed E-state index contributed by atoms with van der Waals surface area (Å²) in [7, 11) is 0. The number of rotatable bonds is 9. The van der Waals surface area contributed by atoms with Gasteiger partial charge in [-0.05, 0) is 30.5 Å². The number of nitrogens with zero attached hydrogens (tertiary/aromatic N) is 1. The Hall–Kier alpha value is -2.43. The first-order valence-electron chi connectivity index (χ1n) is 8.19. The topological polar surface area (TPSA) is 59.4 Å². The van der Waals surface area contributed by atoms with Gasteiger partial charge in [0, 0.05) is 17.8 Å². The molecular formula is C19H22FNO3. The molecule has 0 radical (unpaired) electrons. The van der Waals surface area contributed by atoms with Crippen molar-refractivity contribution in [1.82, 2.24) is 4.98 Å². The lowest BCUT2D eigenvalue weighted by Crippen LogP contribution is -2.03. The van der Waals surface area contributed by atoms with Crippen LogP contribution in [0.25, 0.3) is 0 Å². The van der Waals surface area contributed by atoms with E-state index in [1.165, 1.54) is 24.8 Å². The van der Waals surface area contributed by atoms with Gasteiger partial charge < -0.3 is 9.84 Å². The summed E-state index contributed by atoms with van der Waals surface area (Å²) in [6.45, 7) is 2.34. The number of carboxylic acid groups (broad SMARTS) is 1. The van der Waals surface area contributed by atoms with Crippen LogP contribution in [0.4, 0.5) is 4.39 Å². The molecule has 24 heavy (non-hydrogen) atoms. The van der Waals surface area contributed by atoms with Gasteiger partial charge in [0.15, 0.2) is 0 Å². The molecule has 0 atom stereocenters. The molecule has 5 heteroatoms. The molecule has 2 aromatic rings. The van der Waals surface area contributed by atoms with Gasteiger partial charge in [0.05, 0.1) is 5.56 Å². The first kappa shape index (κ1) is 17.9. The highest BCUT2D eigenvalue weighted by atomic mass is 19.1. The van der Waals surface area contributed by atoms with Crippen LogP contribution in [0.2, 0.25) is 0 Å². The average Bonchev–Trinajstić information content (AvgIpc) is 2.58. The third-order valence-electron chi connectivity index (χ3n) is 3.78. The molecule has 0 bridgehead atoms. The Bertz CT molecular complexity index is 688. The van der Waals surface area contributed by atoms with E-state index < -0.39 is 11.9 Å². The molecule has 0 unspecified atom stereocenters. The molecule has 1 heterocycles. The summed E-state index contributed by atoms with van der Waals surface area (Å²) in [6.07, 6.45) is 6.76. The third-order valence-corrected chi connectivity index (χ3v) is 3.78. The average molecular weight is 331 g/mol. The van der Waals surface area contributed by atoms with Crippen LogP contribution >= 0.6 is 0 Å². The second kappa shape index (κ2) is 9.01. The van der Waals surface area contributed by atoms with Gasteiger partial charge in [0.25, 0.3) is 0 Å². The quantitative estimate of drug-likeness (QED) is 0.538. The number of benzene rings is 1. The minimum atomic E-state index is -0.983. The number of halogens is 1. The van der Waals surface area contributed by atoms with Crippen molar-refractivity contribution in [1.29, 1.82) is 0 Å². The Balaban J connectivity index is 2.04. The van der Waals surface area contributed by atoms with Crippen molar-refractivity contribution >= 4 is 5.97 Å². The van der Waals surface area contributed by atoms with E-state index >= 15 is 0 Å². The molecule has 2 rings (SSSR count). The number of carbonyl (C=O) groups is 1. The summed E-state index contributed by atoms with van der Waals surface area (Å²) in [5, 5.41) is 9.02. The van der Waals surface area contributed by atoms with Crippen LogP contribution in [-0.2, 0) is 13.0 Å². The van der Waals surface area contributed by atoms with Crippen LogP contribution in [-0.4, -0.2) is 16.1 Å².